The molecule has 1 saturated carbocycles. The fourth-order valence-corrected chi connectivity index (χ4v) is 2.46. The summed E-state index contributed by atoms with van der Waals surface area (Å²) < 4.78 is 18.8. The minimum absolute atomic E-state index is 0.104. The lowest BCUT2D eigenvalue weighted by Crippen LogP contribution is -2.25. The van der Waals surface area contributed by atoms with Gasteiger partial charge in [-0.2, -0.15) is 4.98 Å². The predicted octanol–water partition coefficient (Wildman–Crippen LogP) is 3.97. The molecule has 4 rings (SSSR count). The largest absolute Gasteiger partial charge is 0.439 e. The van der Waals surface area contributed by atoms with Crippen molar-refractivity contribution < 1.29 is 13.9 Å². The van der Waals surface area contributed by atoms with Crippen molar-refractivity contribution in [3.05, 3.63) is 72.2 Å². The van der Waals surface area contributed by atoms with Gasteiger partial charge in [-0.25, -0.2) is 9.37 Å². The third-order valence-corrected chi connectivity index (χ3v) is 3.96. The summed E-state index contributed by atoms with van der Waals surface area (Å²) in [5, 5.41) is 2.95. The van der Waals surface area contributed by atoms with E-state index in [1.165, 1.54) is 12.1 Å². The molecule has 0 aliphatic heterocycles. The summed E-state index contributed by atoms with van der Waals surface area (Å²) in [4.78, 5) is 20.7. The first-order valence-electron chi connectivity index (χ1n) is 8.35. The average Bonchev–Trinajstić information content (AvgIpc) is 3.47. The molecule has 0 spiro atoms. The third-order valence-electron chi connectivity index (χ3n) is 3.96. The van der Waals surface area contributed by atoms with Crippen LogP contribution in [0.5, 0.6) is 11.6 Å². The van der Waals surface area contributed by atoms with Crippen molar-refractivity contribution in [1.82, 2.24) is 15.3 Å². The summed E-state index contributed by atoms with van der Waals surface area (Å²) in [6, 6.07) is 14.8. The Hall–Kier alpha value is -3.28. The molecule has 0 atom stereocenters. The Labute approximate surface area is 149 Å². The number of amides is 1. The molecule has 1 aliphatic rings. The number of halogens is 1. The molecule has 1 fully saturated rings. The molecular weight excluding hydrogens is 333 g/mol. The van der Waals surface area contributed by atoms with Crippen LogP contribution in [0, 0.1) is 5.82 Å². The fraction of sp³-hybridized carbons (Fsp3) is 0.150. The number of carbonyl (C=O) groups is 1. The number of aromatic nitrogens is 2. The highest BCUT2D eigenvalue weighted by Crippen LogP contribution is 2.24. The molecule has 1 N–H and O–H groups in total. The molecule has 0 bridgehead atoms. The number of hydrogen-bond acceptors (Lipinski definition) is 4. The average molecular weight is 349 g/mol. The normalized spacial score (nSPS) is 13.3. The lowest BCUT2D eigenvalue weighted by molar-refractivity contribution is 0.0950. The number of hydrogen-bond donors (Lipinski definition) is 1. The van der Waals surface area contributed by atoms with Crippen LogP contribution in [0.1, 0.15) is 23.2 Å². The van der Waals surface area contributed by atoms with Crippen LogP contribution >= 0.6 is 0 Å². The van der Waals surface area contributed by atoms with Crippen LogP contribution in [0.4, 0.5) is 4.39 Å². The molecular formula is C20H16FN3O2. The second kappa shape index (κ2) is 6.92. The monoisotopic (exact) mass is 349 g/mol. The number of nitrogens with zero attached hydrogens (tertiary/aromatic N) is 2. The zero-order valence-electron chi connectivity index (χ0n) is 13.9. The maximum absolute atomic E-state index is 13.1. The van der Waals surface area contributed by atoms with Gasteiger partial charge in [0.1, 0.15) is 11.6 Å². The summed E-state index contributed by atoms with van der Waals surface area (Å²) in [5.41, 5.74) is 1.23. The molecule has 26 heavy (non-hydrogen) atoms. The van der Waals surface area contributed by atoms with Crippen molar-refractivity contribution >= 4 is 5.91 Å². The summed E-state index contributed by atoms with van der Waals surface area (Å²) in [6.45, 7) is 0. The van der Waals surface area contributed by atoms with Gasteiger partial charge in [-0.05, 0) is 55.3 Å². The molecule has 0 saturated heterocycles. The van der Waals surface area contributed by atoms with Crippen LogP contribution < -0.4 is 10.1 Å². The number of benzene rings is 2. The minimum atomic E-state index is -0.317. The van der Waals surface area contributed by atoms with Crippen LogP contribution in [-0.2, 0) is 0 Å². The molecule has 0 radical (unpaired) electrons. The first kappa shape index (κ1) is 16.2. The lowest BCUT2D eigenvalue weighted by Gasteiger charge is -2.08. The molecule has 5 nitrogen and oxygen atoms in total. The van der Waals surface area contributed by atoms with E-state index in [2.05, 4.69) is 15.3 Å². The molecule has 1 aromatic heterocycles. The first-order valence-corrected chi connectivity index (χ1v) is 8.35. The summed E-state index contributed by atoms with van der Waals surface area (Å²) in [7, 11) is 0. The zero-order valence-corrected chi connectivity index (χ0v) is 13.9. The van der Waals surface area contributed by atoms with Crippen molar-refractivity contribution in [2.45, 2.75) is 18.9 Å². The molecule has 6 heteroatoms. The van der Waals surface area contributed by atoms with E-state index in [0.29, 0.717) is 34.6 Å². The first-order chi connectivity index (χ1) is 12.7. The van der Waals surface area contributed by atoms with Crippen LogP contribution in [-0.4, -0.2) is 21.9 Å². The van der Waals surface area contributed by atoms with Crippen LogP contribution in [0.15, 0.2) is 60.8 Å². The van der Waals surface area contributed by atoms with Gasteiger partial charge in [0.2, 0.25) is 5.88 Å². The Kier molecular flexibility index (Phi) is 4.31. The Morgan fingerprint density at radius 2 is 1.92 bits per heavy atom. The van der Waals surface area contributed by atoms with Gasteiger partial charge in [0, 0.05) is 29.4 Å². The minimum Gasteiger partial charge on any atom is -0.439 e. The van der Waals surface area contributed by atoms with Crippen LogP contribution in [0.25, 0.3) is 11.4 Å². The van der Waals surface area contributed by atoms with E-state index >= 15 is 0 Å². The molecule has 3 aromatic rings. The van der Waals surface area contributed by atoms with Crippen LogP contribution in [0.2, 0.25) is 0 Å². The fourth-order valence-electron chi connectivity index (χ4n) is 2.46. The number of rotatable bonds is 5. The second-order valence-corrected chi connectivity index (χ2v) is 6.10. The molecule has 2 aromatic carbocycles. The van der Waals surface area contributed by atoms with Gasteiger partial charge in [-0.15, -0.1) is 0 Å². The maximum atomic E-state index is 13.1. The molecule has 1 heterocycles. The van der Waals surface area contributed by atoms with Crippen molar-refractivity contribution in [1.29, 1.82) is 0 Å². The molecule has 1 amide bonds. The van der Waals surface area contributed by atoms with E-state index in [0.717, 1.165) is 12.8 Å². The Bertz CT molecular complexity index is 940. The van der Waals surface area contributed by atoms with Gasteiger partial charge in [0.25, 0.3) is 5.91 Å². The Balaban J connectivity index is 1.53. The third kappa shape index (κ3) is 3.85. The Morgan fingerprint density at radius 3 is 2.69 bits per heavy atom. The van der Waals surface area contributed by atoms with E-state index in [9.17, 15) is 9.18 Å². The quantitative estimate of drug-likeness (QED) is 0.757. The van der Waals surface area contributed by atoms with Gasteiger partial charge in [-0.3, -0.25) is 4.79 Å². The van der Waals surface area contributed by atoms with Gasteiger partial charge in [-0.1, -0.05) is 6.07 Å². The van der Waals surface area contributed by atoms with E-state index in [4.69, 9.17) is 4.74 Å². The highest BCUT2D eigenvalue weighted by Gasteiger charge is 2.23. The summed E-state index contributed by atoms with van der Waals surface area (Å²) >= 11 is 0. The second-order valence-electron chi connectivity index (χ2n) is 6.10. The SMILES string of the molecule is O=C(NC1CC1)c1cccc(Oc2ccnc(-c3ccc(F)cc3)n2)c1. The summed E-state index contributed by atoms with van der Waals surface area (Å²) in [6.07, 6.45) is 3.65. The molecule has 130 valence electrons. The number of ether oxygens (including phenoxy) is 1. The van der Waals surface area contributed by atoms with E-state index < -0.39 is 0 Å². The van der Waals surface area contributed by atoms with E-state index in [1.54, 1.807) is 48.7 Å². The maximum Gasteiger partial charge on any atom is 0.251 e. The van der Waals surface area contributed by atoms with Gasteiger partial charge >= 0.3 is 0 Å². The van der Waals surface area contributed by atoms with Crippen molar-refractivity contribution in [2.24, 2.45) is 0 Å². The number of nitrogens with one attached hydrogen (secondary N) is 1. The van der Waals surface area contributed by atoms with Crippen molar-refractivity contribution in [2.75, 3.05) is 0 Å². The lowest BCUT2D eigenvalue weighted by atomic mass is 10.2. The predicted molar refractivity (Wildman–Crippen MR) is 94.4 cm³/mol. The summed E-state index contributed by atoms with van der Waals surface area (Å²) in [5.74, 6) is 0.872. The van der Waals surface area contributed by atoms with Gasteiger partial charge in [0.05, 0.1) is 0 Å². The van der Waals surface area contributed by atoms with Gasteiger partial charge in [0.15, 0.2) is 5.82 Å². The molecule has 0 unspecified atom stereocenters. The topological polar surface area (TPSA) is 64.1 Å². The van der Waals surface area contributed by atoms with E-state index in [1.807, 2.05) is 0 Å². The molecule has 1 aliphatic carbocycles. The zero-order chi connectivity index (χ0) is 17.9. The van der Waals surface area contributed by atoms with Crippen molar-refractivity contribution in [3.63, 3.8) is 0 Å². The smallest absolute Gasteiger partial charge is 0.251 e. The standard InChI is InChI=1S/C20H16FN3O2/c21-15-6-4-13(5-7-15)19-22-11-10-18(24-19)26-17-3-1-2-14(12-17)20(25)23-16-8-9-16/h1-7,10-12,16H,8-9H2,(H,23,25). The highest BCUT2D eigenvalue weighted by molar-refractivity contribution is 5.94. The van der Waals surface area contributed by atoms with E-state index in [-0.39, 0.29) is 11.7 Å². The Morgan fingerprint density at radius 1 is 1.12 bits per heavy atom. The van der Waals surface area contributed by atoms with Crippen molar-refractivity contribution in [3.8, 4) is 23.0 Å². The van der Waals surface area contributed by atoms with Crippen LogP contribution in [0.3, 0.4) is 0 Å². The van der Waals surface area contributed by atoms with Gasteiger partial charge < -0.3 is 10.1 Å². The number of carbonyl (C=O) groups excluding carboxylic acids is 1. The highest BCUT2D eigenvalue weighted by atomic mass is 19.1.